The molecule has 10 aliphatic heterocycles. The smallest absolute Gasteiger partial charge is 0.217 e. The van der Waals surface area contributed by atoms with Gasteiger partial charge in [0.1, 0.15) is 232 Å². The first-order chi connectivity index (χ1) is 54.4. The Morgan fingerprint density at radius 2 is 0.513 bits per heavy atom. The number of amides is 2. The maximum absolute atomic E-state index is 12.8. The molecule has 0 aliphatic carbocycles. The minimum absolute atomic E-state index is 0.889. The lowest BCUT2D eigenvalue weighted by molar-refractivity contribution is -0.398. The quantitative estimate of drug-likeness (QED) is 0.0346. The second-order valence-corrected chi connectivity index (χ2v) is 29.5. The molecule has 0 spiro atoms. The molecule has 10 rings (SSSR count). The van der Waals surface area contributed by atoms with Gasteiger partial charge in [0, 0.05) is 13.8 Å². The molecule has 0 radical (unpaired) electrons. The van der Waals surface area contributed by atoms with Crippen LogP contribution < -0.4 is 10.6 Å². The van der Waals surface area contributed by atoms with Gasteiger partial charge in [-0.25, -0.2) is 0 Å². The number of hydrogen-bond donors (Lipinski definition) is 30. The van der Waals surface area contributed by atoms with Crippen molar-refractivity contribution in [3.05, 3.63) is 0 Å². The molecule has 10 fully saturated rings. The summed E-state index contributed by atoms with van der Waals surface area (Å²) in [5, 5.41) is 313. The predicted octanol–water partition coefficient (Wildman–Crippen LogP) is -20.5. The first-order valence-corrected chi connectivity index (χ1v) is 36.9. The van der Waals surface area contributed by atoms with Gasteiger partial charge in [-0.2, -0.15) is 0 Å². The highest BCUT2D eigenvalue weighted by Crippen LogP contribution is 2.41. The third-order valence-electron chi connectivity index (χ3n) is 21.6. The van der Waals surface area contributed by atoms with Crippen LogP contribution in [0.5, 0.6) is 0 Å². The minimum atomic E-state index is -2.36. The molecule has 0 aromatic carbocycles. The molecule has 2 amide bonds. The van der Waals surface area contributed by atoms with Crippen LogP contribution in [-0.4, -0.2) is 515 Å². The van der Waals surface area contributed by atoms with Crippen LogP contribution in [0.1, 0.15) is 27.7 Å². The Labute approximate surface area is 650 Å². The Morgan fingerprint density at radius 3 is 0.887 bits per heavy atom. The maximum Gasteiger partial charge on any atom is 0.217 e. The van der Waals surface area contributed by atoms with Crippen LogP contribution in [0.25, 0.3) is 0 Å². The zero-order valence-electron chi connectivity index (χ0n) is 61.6. The Bertz CT molecular complexity index is 3010. The minimum Gasteiger partial charge on any atom is -0.394 e. The molecular formula is C64H108N2O49. The average molecular weight is 1690 g/mol. The lowest BCUT2D eigenvalue weighted by Crippen LogP contribution is -2.69. The van der Waals surface area contributed by atoms with Crippen molar-refractivity contribution < 1.29 is 243 Å². The van der Waals surface area contributed by atoms with Gasteiger partial charge in [-0.15, -0.1) is 0 Å². The molecular weight excluding hydrogens is 1580 g/mol. The molecule has 0 saturated carbocycles. The second kappa shape index (κ2) is 40.6. The van der Waals surface area contributed by atoms with E-state index in [1.54, 1.807) is 0 Å². The van der Waals surface area contributed by atoms with Crippen LogP contribution in [0.4, 0.5) is 0 Å². The fraction of sp³-hybridized carbons (Fsp3) is 0.969. The van der Waals surface area contributed by atoms with Gasteiger partial charge in [0.25, 0.3) is 0 Å². The zero-order valence-corrected chi connectivity index (χ0v) is 61.6. The molecule has 51 nitrogen and oxygen atoms in total. The van der Waals surface area contributed by atoms with E-state index in [1.807, 2.05) is 0 Å². The fourth-order valence-electron chi connectivity index (χ4n) is 15.0. The first-order valence-electron chi connectivity index (χ1n) is 36.9. The number of carbonyl (C=O) groups excluding carboxylic acids is 2. The van der Waals surface area contributed by atoms with Gasteiger partial charge >= 0.3 is 0 Å². The molecule has 10 heterocycles. The SMILES string of the molecule is CC(=O)N[C@H]1[C@H](OC[C@H]2OC(O)[C@H](NC(C)=O)[C@@H](O[C@@H]3O[C@H](CO)[C@H](O[C@H]4O[C@H](CO)[C@H](O)[C@H](O[C@H]5O[C@H](CO)[C@H](O)[C@H](O)[C@H]5O[C@@H]5O[C@@H](C)[C@@H](O)[C@@H](O)[C@@H]5O)[C@H]4O)[C@H](O)[C@H]3O)[C@H]2O)O[C@H](CO)[C@@H](O[C@@H]2O[C@H](CO)[C@H](O[C@H]3O[C@H](CO)[C@H](O)[C@H](O[C@H]4O[C@H](CO)[C@H](O)[C@H](O)[C@H]4O[C@@H]4O[C@@H](C)[C@@H](O)[C@@H](O)[C@@H]4O)[C@H]3O)[C@H](O)[C@H]2O)[C@@H]1O. The number of aliphatic hydroxyl groups excluding tert-OH is 28. The van der Waals surface area contributed by atoms with E-state index in [-0.39, 0.29) is 0 Å². The second-order valence-electron chi connectivity index (χ2n) is 29.5. The summed E-state index contributed by atoms with van der Waals surface area (Å²) in [7, 11) is 0. The van der Waals surface area contributed by atoms with Gasteiger partial charge < -0.3 is 244 Å². The molecule has 10 aliphatic rings. The van der Waals surface area contributed by atoms with E-state index in [4.69, 9.17) is 90.0 Å². The summed E-state index contributed by atoms with van der Waals surface area (Å²) in [4.78, 5) is 25.5. The fourth-order valence-corrected chi connectivity index (χ4v) is 15.0. The van der Waals surface area contributed by atoms with Crippen LogP contribution >= 0.6 is 0 Å². The van der Waals surface area contributed by atoms with Gasteiger partial charge in [0.2, 0.25) is 11.8 Å². The third kappa shape index (κ3) is 20.1. The van der Waals surface area contributed by atoms with Crippen molar-refractivity contribution in [2.75, 3.05) is 52.9 Å². The van der Waals surface area contributed by atoms with E-state index in [0.717, 1.165) is 13.8 Å². The van der Waals surface area contributed by atoms with E-state index >= 15 is 0 Å². The van der Waals surface area contributed by atoms with Gasteiger partial charge in [0.05, 0.1) is 65.1 Å². The molecule has 10 saturated heterocycles. The Hall–Kier alpha value is -2.94. The number of ether oxygens (including phenoxy) is 19. The zero-order chi connectivity index (χ0) is 84.5. The Balaban J connectivity index is 0.786. The van der Waals surface area contributed by atoms with Crippen molar-refractivity contribution >= 4 is 11.8 Å². The Morgan fingerprint density at radius 1 is 0.243 bits per heavy atom. The van der Waals surface area contributed by atoms with Crippen LogP contribution in [-0.2, 0) is 99.6 Å². The summed E-state index contributed by atoms with van der Waals surface area (Å²) in [6, 6.07) is -3.63. The van der Waals surface area contributed by atoms with E-state index in [9.17, 15) is 153 Å². The molecule has 51 heteroatoms. The molecule has 50 atom stereocenters. The van der Waals surface area contributed by atoms with Crippen molar-refractivity contribution in [1.82, 2.24) is 10.6 Å². The average Bonchev–Trinajstić information content (AvgIpc) is 0.773. The van der Waals surface area contributed by atoms with Crippen LogP contribution in [0, 0.1) is 0 Å². The topological polar surface area (TPSA) is 800 Å². The number of aliphatic hydroxyl groups is 28. The lowest BCUT2D eigenvalue weighted by atomic mass is 9.94. The van der Waals surface area contributed by atoms with Crippen molar-refractivity contribution in [3.8, 4) is 0 Å². The summed E-state index contributed by atoms with van der Waals surface area (Å²) in [5.41, 5.74) is 0. The number of hydrogen-bond acceptors (Lipinski definition) is 49. The maximum atomic E-state index is 12.8. The van der Waals surface area contributed by atoms with E-state index in [0.29, 0.717) is 0 Å². The van der Waals surface area contributed by atoms with Crippen molar-refractivity contribution in [3.63, 3.8) is 0 Å². The summed E-state index contributed by atoms with van der Waals surface area (Å²) >= 11 is 0. The molecule has 668 valence electrons. The van der Waals surface area contributed by atoms with Crippen molar-refractivity contribution in [2.45, 2.75) is 335 Å². The summed E-state index contributed by atoms with van der Waals surface area (Å²) < 4.78 is 109. The molecule has 0 bridgehead atoms. The van der Waals surface area contributed by atoms with E-state index in [2.05, 4.69) is 10.6 Å². The molecule has 1 unspecified atom stereocenters. The molecule has 0 aromatic rings. The molecule has 0 aromatic heterocycles. The van der Waals surface area contributed by atoms with Gasteiger partial charge in [-0.1, -0.05) is 0 Å². The largest absolute Gasteiger partial charge is 0.394 e. The standard InChI is InChI=1S/C64H108N2O49/c1-13-27(76)35(84)41(90)57(98-13)114-53-37(86)29(78)17(5-67)103-63(53)112-51-31(80)19(7-69)101-61(45(51)94)109-48-22(10-72)106-59(43(92)39(48)88)108-47-21(9-71)105-56(25(34(47)83)65-15(3)74)97-12-24-33(82)50(26(55(96)100-24)66-16(4)75)111-60-44(93)40(89)49(23(11-73)107-60)110-62-46(95)52(32(81)20(8-70)102-62)113-64-54(38(87)30(79)18(6-68)104-64)115-58-42(91)36(85)28(77)14(2)99-58/h13-14,17-64,67-73,76-96H,5-12H2,1-4H3,(H,65,74)(H,66,75)/t13-,14-,17+,18+,19+,20+,21+,22+,23+,24+,25+,26+,27+,28+,29-,30-,31-,32-,33-,34+,35+,36+,37-,38-,39+,40+,41-,42-,43+,44+,45+,46+,47+,48-,49-,50+,51-,52-,53+,54+,55?,56+,57-,58-,59-,60-,61+,62+,63+,64+/m0/s1. The van der Waals surface area contributed by atoms with Crippen molar-refractivity contribution in [2.24, 2.45) is 0 Å². The summed E-state index contributed by atoms with van der Waals surface area (Å²) in [6.07, 6.45) is -95.1. The predicted molar refractivity (Wildman–Crippen MR) is 350 cm³/mol. The van der Waals surface area contributed by atoms with Gasteiger partial charge in [-0.3, -0.25) is 9.59 Å². The number of rotatable bonds is 28. The van der Waals surface area contributed by atoms with Gasteiger partial charge in [0.15, 0.2) is 62.9 Å². The monoisotopic (exact) mass is 1690 g/mol. The highest BCUT2D eigenvalue weighted by atomic mass is 16.8. The Kier molecular flexibility index (Phi) is 33.3. The molecule has 115 heavy (non-hydrogen) atoms. The van der Waals surface area contributed by atoms with Crippen LogP contribution in [0.15, 0.2) is 0 Å². The number of nitrogens with one attached hydrogen (secondary N) is 2. The normalized spacial score (nSPS) is 52.1. The third-order valence-corrected chi connectivity index (χ3v) is 21.6. The van der Waals surface area contributed by atoms with Crippen molar-refractivity contribution in [1.29, 1.82) is 0 Å². The van der Waals surface area contributed by atoms with E-state index < -0.39 is 372 Å². The van der Waals surface area contributed by atoms with Crippen LogP contribution in [0.2, 0.25) is 0 Å². The van der Waals surface area contributed by atoms with E-state index in [1.165, 1.54) is 13.8 Å². The number of carbonyl (C=O) groups is 2. The molecule has 30 N–H and O–H groups in total. The summed E-state index contributed by atoms with van der Waals surface area (Å²) in [5.74, 6) is -1.79. The first kappa shape index (κ1) is 94.3. The highest BCUT2D eigenvalue weighted by Gasteiger charge is 2.61. The highest BCUT2D eigenvalue weighted by molar-refractivity contribution is 5.73. The summed E-state index contributed by atoms with van der Waals surface area (Å²) in [6.45, 7) is -4.00. The van der Waals surface area contributed by atoms with Crippen LogP contribution in [0.3, 0.4) is 0 Å². The lowest BCUT2D eigenvalue weighted by Gasteiger charge is -2.50. The van der Waals surface area contributed by atoms with Gasteiger partial charge in [-0.05, 0) is 13.8 Å².